The van der Waals surface area contributed by atoms with E-state index in [4.69, 9.17) is 16.2 Å². The molecule has 1 aromatic rings. The third-order valence-electron chi connectivity index (χ3n) is 1.86. The molecule has 0 fully saturated rings. The van der Waals surface area contributed by atoms with Crippen molar-refractivity contribution in [3.8, 4) is 5.75 Å². The third kappa shape index (κ3) is 4.00. The molecule has 0 spiro atoms. The molecule has 0 heterocycles. The van der Waals surface area contributed by atoms with Gasteiger partial charge in [0, 0.05) is 10.5 Å². The minimum absolute atomic E-state index is 0.123. The van der Waals surface area contributed by atoms with E-state index in [-0.39, 0.29) is 18.0 Å². The number of nitrogens with zero attached hydrogens (tertiary/aromatic N) is 1. The Morgan fingerprint density at radius 1 is 1.53 bits per heavy atom. The normalized spacial score (nSPS) is 11.9. The molecule has 0 aliphatic heterocycles. The molecule has 4 N–H and O–H groups in total. The molecule has 1 amide bonds. The second kappa shape index (κ2) is 5.60. The van der Waals surface area contributed by atoms with Crippen molar-refractivity contribution in [3.63, 3.8) is 0 Å². The molecule has 0 radical (unpaired) electrons. The molecular formula is C9H10BrN3O4. The first-order valence-corrected chi connectivity index (χ1v) is 5.32. The summed E-state index contributed by atoms with van der Waals surface area (Å²) in [6.07, 6.45) is 0. The topological polar surface area (TPSA) is 121 Å². The summed E-state index contributed by atoms with van der Waals surface area (Å²) in [6, 6.07) is 3.15. The molecule has 1 aromatic carbocycles. The predicted molar refractivity (Wildman–Crippen MR) is 63.5 cm³/mol. The summed E-state index contributed by atoms with van der Waals surface area (Å²) in [6.45, 7) is -0.136. The monoisotopic (exact) mass is 303 g/mol. The molecule has 92 valence electrons. The van der Waals surface area contributed by atoms with Gasteiger partial charge in [-0.3, -0.25) is 14.9 Å². The van der Waals surface area contributed by atoms with E-state index < -0.39 is 16.9 Å². The lowest BCUT2D eigenvalue weighted by atomic mass is 10.3. The standard InChI is InChI=1S/C9H10BrN3O4/c10-5-1-6(13(15)16)3-7(2-5)17-4-8(11)9(12)14/h1-3,8H,4,11H2,(H2,12,14). The smallest absolute Gasteiger partial charge is 0.274 e. The molecule has 17 heavy (non-hydrogen) atoms. The van der Waals surface area contributed by atoms with Crippen molar-refractivity contribution >= 4 is 27.5 Å². The van der Waals surface area contributed by atoms with Crippen molar-refractivity contribution in [1.29, 1.82) is 0 Å². The molecule has 1 rings (SSSR count). The fraction of sp³-hybridized carbons (Fsp3) is 0.222. The van der Waals surface area contributed by atoms with E-state index in [1.807, 2.05) is 0 Å². The molecular weight excluding hydrogens is 294 g/mol. The van der Waals surface area contributed by atoms with E-state index in [1.54, 1.807) is 0 Å². The van der Waals surface area contributed by atoms with E-state index in [0.717, 1.165) is 0 Å². The zero-order valence-electron chi connectivity index (χ0n) is 8.63. The van der Waals surface area contributed by atoms with Gasteiger partial charge in [-0.05, 0) is 6.07 Å². The third-order valence-corrected chi connectivity index (χ3v) is 2.32. The molecule has 1 atom stereocenters. The molecule has 0 bridgehead atoms. The van der Waals surface area contributed by atoms with Crippen molar-refractivity contribution in [2.75, 3.05) is 6.61 Å². The molecule has 0 saturated carbocycles. The van der Waals surface area contributed by atoms with Gasteiger partial charge in [0.05, 0.1) is 11.0 Å². The average molecular weight is 304 g/mol. The van der Waals surface area contributed by atoms with Crippen LogP contribution in [0.15, 0.2) is 22.7 Å². The highest BCUT2D eigenvalue weighted by Crippen LogP contribution is 2.26. The van der Waals surface area contributed by atoms with Crippen LogP contribution in [0, 0.1) is 10.1 Å². The molecule has 0 aromatic heterocycles. The second-order valence-electron chi connectivity index (χ2n) is 3.22. The number of ether oxygens (including phenoxy) is 1. The van der Waals surface area contributed by atoms with E-state index in [2.05, 4.69) is 15.9 Å². The SMILES string of the molecule is NC(=O)C(N)COc1cc(Br)cc([N+](=O)[O-])c1. The fourth-order valence-corrected chi connectivity index (χ4v) is 1.46. The van der Waals surface area contributed by atoms with E-state index in [0.29, 0.717) is 4.47 Å². The highest BCUT2D eigenvalue weighted by molar-refractivity contribution is 9.10. The number of nitro groups is 1. The zero-order valence-corrected chi connectivity index (χ0v) is 10.2. The Kier molecular flexibility index (Phi) is 4.41. The highest BCUT2D eigenvalue weighted by atomic mass is 79.9. The number of hydrogen-bond acceptors (Lipinski definition) is 5. The quantitative estimate of drug-likeness (QED) is 0.607. The van der Waals surface area contributed by atoms with Crippen molar-refractivity contribution in [2.24, 2.45) is 11.5 Å². The van der Waals surface area contributed by atoms with Gasteiger partial charge in [0.15, 0.2) is 0 Å². The lowest BCUT2D eigenvalue weighted by Gasteiger charge is -2.10. The van der Waals surface area contributed by atoms with Gasteiger partial charge in [-0.15, -0.1) is 0 Å². The minimum Gasteiger partial charge on any atom is -0.491 e. The van der Waals surface area contributed by atoms with Crippen LogP contribution in [0.1, 0.15) is 0 Å². The summed E-state index contributed by atoms with van der Waals surface area (Å²) < 4.78 is 5.64. The van der Waals surface area contributed by atoms with Gasteiger partial charge in [0.25, 0.3) is 5.69 Å². The number of hydrogen-bond donors (Lipinski definition) is 2. The highest BCUT2D eigenvalue weighted by Gasteiger charge is 2.13. The minimum atomic E-state index is -0.951. The number of primary amides is 1. The number of nitro benzene ring substituents is 1. The fourth-order valence-electron chi connectivity index (χ4n) is 1.00. The van der Waals surface area contributed by atoms with Crippen molar-refractivity contribution in [2.45, 2.75) is 6.04 Å². The van der Waals surface area contributed by atoms with Gasteiger partial charge in [0.1, 0.15) is 18.4 Å². The molecule has 0 aliphatic carbocycles. The molecule has 0 aliphatic rings. The number of halogens is 1. The van der Waals surface area contributed by atoms with Gasteiger partial charge in [-0.1, -0.05) is 15.9 Å². The van der Waals surface area contributed by atoms with Crippen molar-refractivity contribution in [3.05, 3.63) is 32.8 Å². The summed E-state index contributed by atoms with van der Waals surface area (Å²) in [4.78, 5) is 20.7. The number of carbonyl (C=O) groups is 1. The Morgan fingerprint density at radius 3 is 2.71 bits per heavy atom. The van der Waals surface area contributed by atoms with Crippen LogP contribution in [0.25, 0.3) is 0 Å². The number of carbonyl (C=O) groups excluding carboxylic acids is 1. The van der Waals surface area contributed by atoms with Gasteiger partial charge in [-0.25, -0.2) is 0 Å². The number of benzene rings is 1. The van der Waals surface area contributed by atoms with Crippen LogP contribution in [0.4, 0.5) is 5.69 Å². The summed E-state index contributed by atoms with van der Waals surface area (Å²) in [5, 5.41) is 10.6. The summed E-state index contributed by atoms with van der Waals surface area (Å²) in [5.74, 6) is -0.461. The largest absolute Gasteiger partial charge is 0.491 e. The lowest BCUT2D eigenvalue weighted by Crippen LogP contribution is -2.41. The first-order valence-electron chi connectivity index (χ1n) is 4.53. The summed E-state index contributed by atoms with van der Waals surface area (Å²) in [7, 11) is 0. The molecule has 0 saturated heterocycles. The van der Waals surface area contributed by atoms with Crippen LogP contribution in [0.2, 0.25) is 0 Å². The number of nitrogens with two attached hydrogens (primary N) is 2. The van der Waals surface area contributed by atoms with Crippen LogP contribution >= 0.6 is 15.9 Å². The van der Waals surface area contributed by atoms with Gasteiger partial charge in [0.2, 0.25) is 5.91 Å². The van der Waals surface area contributed by atoms with Crippen molar-refractivity contribution in [1.82, 2.24) is 0 Å². The first-order chi connectivity index (χ1) is 7.90. The van der Waals surface area contributed by atoms with Crippen LogP contribution < -0.4 is 16.2 Å². The van der Waals surface area contributed by atoms with Crippen LogP contribution in [0.5, 0.6) is 5.75 Å². The Labute approximate surface area is 105 Å². The average Bonchev–Trinajstić information content (AvgIpc) is 2.24. The van der Waals surface area contributed by atoms with E-state index in [9.17, 15) is 14.9 Å². The molecule has 7 nitrogen and oxygen atoms in total. The Hall–Kier alpha value is -1.67. The van der Waals surface area contributed by atoms with Gasteiger partial charge >= 0.3 is 0 Å². The van der Waals surface area contributed by atoms with Crippen LogP contribution in [-0.4, -0.2) is 23.5 Å². The second-order valence-corrected chi connectivity index (χ2v) is 4.14. The lowest BCUT2D eigenvalue weighted by molar-refractivity contribution is -0.385. The predicted octanol–water partition coefficient (Wildman–Crippen LogP) is 0.549. The number of rotatable bonds is 5. The van der Waals surface area contributed by atoms with Crippen LogP contribution in [0.3, 0.4) is 0 Å². The molecule has 1 unspecified atom stereocenters. The zero-order chi connectivity index (χ0) is 13.0. The van der Waals surface area contributed by atoms with Gasteiger partial charge < -0.3 is 16.2 Å². The van der Waals surface area contributed by atoms with Crippen LogP contribution in [-0.2, 0) is 4.79 Å². The summed E-state index contributed by atoms with van der Waals surface area (Å²) >= 11 is 3.11. The number of amides is 1. The first kappa shape index (κ1) is 13.4. The summed E-state index contributed by atoms with van der Waals surface area (Å²) in [5.41, 5.74) is 10.2. The van der Waals surface area contributed by atoms with Gasteiger partial charge in [-0.2, -0.15) is 0 Å². The van der Waals surface area contributed by atoms with Crippen molar-refractivity contribution < 1.29 is 14.5 Å². The maximum absolute atomic E-state index is 10.7. The maximum atomic E-state index is 10.7. The Morgan fingerprint density at radius 2 is 2.18 bits per heavy atom. The van der Waals surface area contributed by atoms with E-state index in [1.165, 1.54) is 18.2 Å². The number of non-ortho nitro benzene ring substituents is 1. The van der Waals surface area contributed by atoms with E-state index >= 15 is 0 Å². The Balaban J connectivity index is 2.78. The Bertz CT molecular complexity index is 452. The molecule has 8 heteroatoms. The maximum Gasteiger partial charge on any atom is 0.274 e.